The van der Waals surface area contributed by atoms with Gasteiger partial charge < -0.3 is 10.2 Å². The highest BCUT2D eigenvalue weighted by atomic mass is 35.5. The predicted octanol–water partition coefficient (Wildman–Crippen LogP) is 2.10. The summed E-state index contributed by atoms with van der Waals surface area (Å²) in [5.41, 5.74) is 0.447. The highest BCUT2D eigenvalue weighted by Gasteiger charge is 2.21. The van der Waals surface area contributed by atoms with Crippen LogP contribution in [0.25, 0.3) is 0 Å². The van der Waals surface area contributed by atoms with Gasteiger partial charge in [-0.2, -0.15) is 5.26 Å². The zero-order chi connectivity index (χ0) is 12.3. The highest BCUT2D eigenvalue weighted by molar-refractivity contribution is 6.31. The van der Waals surface area contributed by atoms with E-state index in [1.54, 1.807) is 13.0 Å². The molecule has 16 heavy (non-hydrogen) atoms. The SMILES string of the molecule is Cc1cc(Cl)c(C(O)C(O)CC#N)cc1F. The third kappa shape index (κ3) is 2.70. The maximum atomic E-state index is 13.3. The lowest BCUT2D eigenvalue weighted by Crippen LogP contribution is -2.18. The van der Waals surface area contributed by atoms with Crippen LogP contribution in [0.2, 0.25) is 5.02 Å². The van der Waals surface area contributed by atoms with Crippen molar-refractivity contribution >= 4 is 11.6 Å². The first-order chi connectivity index (χ1) is 7.47. The molecular formula is C11H11ClFNO2. The first-order valence-corrected chi connectivity index (χ1v) is 5.03. The second-order valence-corrected chi connectivity index (χ2v) is 3.90. The molecule has 0 saturated carbocycles. The summed E-state index contributed by atoms with van der Waals surface area (Å²) in [7, 11) is 0. The fourth-order valence-corrected chi connectivity index (χ4v) is 1.63. The van der Waals surface area contributed by atoms with Gasteiger partial charge in [0.2, 0.25) is 0 Å². The minimum absolute atomic E-state index is 0.0903. The topological polar surface area (TPSA) is 64.2 Å². The van der Waals surface area contributed by atoms with Gasteiger partial charge in [0.25, 0.3) is 0 Å². The molecule has 0 saturated heterocycles. The molecule has 86 valence electrons. The van der Waals surface area contributed by atoms with Crippen LogP contribution in [-0.4, -0.2) is 16.3 Å². The average Bonchev–Trinajstić information content (AvgIpc) is 2.23. The zero-order valence-electron chi connectivity index (χ0n) is 8.61. The van der Waals surface area contributed by atoms with E-state index in [1.807, 2.05) is 0 Å². The number of nitriles is 1. The quantitative estimate of drug-likeness (QED) is 0.855. The van der Waals surface area contributed by atoms with Gasteiger partial charge in [0.05, 0.1) is 18.6 Å². The Hall–Kier alpha value is -1.15. The largest absolute Gasteiger partial charge is 0.389 e. The normalized spacial score (nSPS) is 14.2. The maximum absolute atomic E-state index is 13.3. The minimum atomic E-state index is -1.36. The molecule has 0 aliphatic carbocycles. The van der Waals surface area contributed by atoms with Crippen molar-refractivity contribution in [2.75, 3.05) is 0 Å². The lowest BCUT2D eigenvalue weighted by molar-refractivity contribution is 0.0215. The van der Waals surface area contributed by atoms with Gasteiger partial charge in [0, 0.05) is 10.6 Å². The predicted molar refractivity (Wildman–Crippen MR) is 57.3 cm³/mol. The van der Waals surface area contributed by atoms with Gasteiger partial charge in [-0.15, -0.1) is 0 Å². The highest BCUT2D eigenvalue weighted by Crippen LogP contribution is 2.28. The van der Waals surface area contributed by atoms with Crippen molar-refractivity contribution in [2.24, 2.45) is 0 Å². The molecule has 2 N–H and O–H groups in total. The van der Waals surface area contributed by atoms with Gasteiger partial charge in [0.15, 0.2) is 0 Å². The lowest BCUT2D eigenvalue weighted by atomic mass is 10.0. The van der Waals surface area contributed by atoms with Crippen LogP contribution in [0, 0.1) is 24.1 Å². The number of aliphatic hydroxyl groups excluding tert-OH is 2. The molecule has 0 aromatic heterocycles. The van der Waals surface area contributed by atoms with E-state index in [0.29, 0.717) is 5.56 Å². The molecule has 0 aliphatic rings. The van der Waals surface area contributed by atoms with Crippen molar-refractivity contribution in [1.82, 2.24) is 0 Å². The molecule has 0 aliphatic heterocycles. The number of aliphatic hydroxyl groups is 2. The number of hydrogen-bond acceptors (Lipinski definition) is 3. The summed E-state index contributed by atoms with van der Waals surface area (Å²) >= 11 is 5.82. The number of aryl methyl sites for hydroxylation is 1. The molecule has 0 heterocycles. The van der Waals surface area contributed by atoms with E-state index in [2.05, 4.69) is 0 Å². The molecule has 1 aromatic rings. The van der Waals surface area contributed by atoms with Gasteiger partial charge in [-0.1, -0.05) is 11.6 Å². The number of hydrogen-bond donors (Lipinski definition) is 2. The average molecular weight is 244 g/mol. The first-order valence-electron chi connectivity index (χ1n) is 4.66. The van der Waals surface area contributed by atoms with Crippen LogP contribution in [0.15, 0.2) is 12.1 Å². The van der Waals surface area contributed by atoms with Gasteiger partial charge in [-0.3, -0.25) is 0 Å². The van der Waals surface area contributed by atoms with E-state index >= 15 is 0 Å². The van der Waals surface area contributed by atoms with E-state index < -0.39 is 18.0 Å². The Morgan fingerprint density at radius 2 is 2.12 bits per heavy atom. The molecular weight excluding hydrogens is 233 g/mol. The summed E-state index contributed by atoms with van der Waals surface area (Å²) < 4.78 is 13.3. The van der Waals surface area contributed by atoms with E-state index in [4.69, 9.17) is 16.9 Å². The first kappa shape index (κ1) is 12.9. The molecule has 0 radical (unpaired) electrons. The Bertz CT molecular complexity index is 431. The van der Waals surface area contributed by atoms with Crippen LogP contribution >= 0.6 is 11.6 Å². The molecule has 2 unspecified atom stereocenters. The zero-order valence-corrected chi connectivity index (χ0v) is 9.37. The van der Waals surface area contributed by atoms with Gasteiger partial charge in [-0.05, 0) is 24.6 Å². The second-order valence-electron chi connectivity index (χ2n) is 3.50. The standard InChI is InChI=1S/C11H11ClFNO2/c1-6-4-8(12)7(5-9(6)13)11(16)10(15)2-3-14/h4-5,10-11,15-16H,2H2,1H3. The van der Waals surface area contributed by atoms with Crippen LogP contribution in [0.5, 0.6) is 0 Å². The molecule has 2 atom stereocenters. The summed E-state index contributed by atoms with van der Waals surface area (Å²) in [6.45, 7) is 1.54. The van der Waals surface area contributed by atoms with E-state index in [-0.39, 0.29) is 17.0 Å². The van der Waals surface area contributed by atoms with Crippen molar-refractivity contribution in [2.45, 2.75) is 25.6 Å². The summed E-state index contributed by atoms with van der Waals surface area (Å²) in [5.74, 6) is -0.511. The number of nitrogens with zero attached hydrogens (tertiary/aromatic N) is 1. The Labute approximate surface area is 97.7 Å². The van der Waals surface area contributed by atoms with Crippen LogP contribution in [-0.2, 0) is 0 Å². The number of rotatable bonds is 3. The van der Waals surface area contributed by atoms with E-state index in [9.17, 15) is 14.6 Å². The van der Waals surface area contributed by atoms with Crippen molar-refractivity contribution in [3.63, 3.8) is 0 Å². The summed E-state index contributed by atoms with van der Waals surface area (Å²) in [6.07, 6.45) is -2.88. The number of benzene rings is 1. The molecule has 1 aromatic carbocycles. The lowest BCUT2D eigenvalue weighted by Gasteiger charge is -2.17. The summed E-state index contributed by atoms with van der Waals surface area (Å²) in [6, 6.07) is 4.16. The van der Waals surface area contributed by atoms with Gasteiger partial charge in [0.1, 0.15) is 11.9 Å². The third-order valence-electron chi connectivity index (χ3n) is 2.26. The minimum Gasteiger partial charge on any atom is -0.389 e. The van der Waals surface area contributed by atoms with Crippen molar-refractivity contribution in [3.8, 4) is 6.07 Å². The van der Waals surface area contributed by atoms with Crippen LogP contribution in [0.3, 0.4) is 0 Å². The van der Waals surface area contributed by atoms with Crippen LogP contribution < -0.4 is 0 Å². The number of halogens is 2. The van der Waals surface area contributed by atoms with Crippen LogP contribution in [0.4, 0.5) is 4.39 Å². The van der Waals surface area contributed by atoms with Crippen LogP contribution in [0.1, 0.15) is 23.7 Å². The fraction of sp³-hybridized carbons (Fsp3) is 0.364. The van der Waals surface area contributed by atoms with Crippen molar-refractivity contribution in [1.29, 1.82) is 5.26 Å². The Kier molecular flexibility index (Phi) is 4.25. The molecule has 5 heteroatoms. The molecule has 0 amide bonds. The third-order valence-corrected chi connectivity index (χ3v) is 2.59. The summed E-state index contributed by atoms with van der Waals surface area (Å²) in [4.78, 5) is 0. The molecule has 0 spiro atoms. The molecule has 0 fully saturated rings. The smallest absolute Gasteiger partial charge is 0.126 e. The Morgan fingerprint density at radius 1 is 1.50 bits per heavy atom. The van der Waals surface area contributed by atoms with Gasteiger partial charge in [-0.25, -0.2) is 4.39 Å². The molecule has 3 nitrogen and oxygen atoms in total. The second kappa shape index (κ2) is 5.26. The Balaban J connectivity index is 3.04. The maximum Gasteiger partial charge on any atom is 0.126 e. The van der Waals surface area contributed by atoms with E-state index in [0.717, 1.165) is 6.07 Å². The Morgan fingerprint density at radius 3 is 2.69 bits per heavy atom. The fourth-order valence-electron chi connectivity index (χ4n) is 1.30. The monoisotopic (exact) mass is 243 g/mol. The molecule has 1 rings (SSSR count). The molecule has 0 bridgehead atoms. The van der Waals surface area contributed by atoms with Gasteiger partial charge >= 0.3 is 0 Å². The van der Waals surface area contributed by atoms with Crippen molar-refractivity contribution < 1.29 is 14.6 Å². The summed E-state index contributed by atoms with van der Waals surface area (Å²) in [5, 5.41) is 27.6. The van der Waals surface area contributed by atoms with E-state index in [1.165, 1.54) is 6.07 Å². The van der Waals surface area contributed by atoms with Crippen molar-refractivity contribution in [3.05, 3.63) is 34.1 Å².